The van der Waals surface area contributed by atoms with Gasteiger partial charge in [-0.1, -0.05) is 36.4 Å². The van der Waals surface area contributed by atoms with Crippen molar-refractivity contribution in [2.75, 3.05) is 5.73 Å². The second-order valence-electron chi connectivity index (χ2n) is 8.79. The van der Waals surface area contributed by atoms with E-state index in [1.807, 2.05) is 54.6 Å². The Kier molecular flexibility index (Phi) is 5.03. The highest BCUT2D eigenvalue weighted by molar-refractivity contribution is 5.84. The monoisotopic (exact) mass is 460 g/mol. The van der Waals surface area contributed by atoms with Crippen LogP contribution in [0.2, 0.25) is 0 Å². The van der Waals surface area contributed by atoms with Crippen LogP contribution in [-0.2, 0) is 11.2 Å². The molecule has 3 N–H and O–H groups in total. The zero-order valence-electron chi connectivity index (χ0n) is 19.3. The fraction of sp³-hybridized carbons (Fsp3) is 0.143. The molecule has 1 amide bonds. The van der Waals surface area contributed by atoms with E-state index in [2.05, 4.69) is 33.1 Å². The van der Waals surface area contributed by atoms with Crippen LogP contribution in [0.25, 0.3) is 39.5 Å². The molecule has 2 aromatic carbocycles. The quantitative estimate of drug-likeness (QED) is 0.399. The van der Waals surface area contributed by atoms with Gasteiger partial charge < -0.3 is 11.1 Å². The first kappa shape index (κ1) is 21.0. The SMILES string of the molecule is CC(=O)N[C@H]1CCc2cc(-n3c(-c4cccnc4N)nc4ccc(-c5ccccc5)nc43)ccc21. The Morgan fingerprint density at radius 1 is 1.03 bits per heavy atom. The molecule has 35 heavy (non-hydrogen) atoms. The first-order valence-corrected chi connectivity index (χ1v) is 11.6. The predicted molar refractivity (Wildman–Crippen MR) is 137 cm³/mol. The number of benzene rings is 2. The molecule has 1 aliphatic rings. The van der Waals surface area contributed by atoms with Crippen LogP contribution in [0.3, 0.4) is 0 Å². The number of fused-ring (bicyclic) bond motifs is 2. The lowest BCUT2D eigenvalue weighted by atomic mass is 10.1. The number of aromatic nitrogens is 4. The van der Waals surface area contributed by atoms with Crippen molar-refractivity contribution in [2.45, 2.75) is 25.8 Å². The van der Waals surface area contributed by atoms with Crippen molar-refractivity contribution in [1.82, 2.24) is 24.8 Å². The summed E-state index contributed by atoms with van der Waals surface area (Å²) < 4.78 is 2.06. The number of hydrogen-bond acceptors (Lipinski definition) is 5. The molecule has 7 nitrogen and oxygen atoms in total. The molecule has 172 valence electrons. The number of nitrogens with zero attached hydrogens (tertiary/aromatic N) is 4. The van der Waals surface area contributed by atoms with E-state index >= 15 is 0 Å². The minimum atomic E-state index is -0.0143. The largest absolute Gasteiger partial charge is 0.383 e. The van der Waals surface area contributed by atoms with Crippen molar-refractivity contribution in [3.8, 4) is 28.3 Å². The molecule has 1 atom stereocenters. The summed E-state index contributed by atoms with van der Waals surface area (Å²) >= 11 is 0. The molecule has 7 heteroatoms. The molecule has 0 radical (unpaired) electrons. The molecule has 5 aromatic rings. The van der Waals surface area contributed by atoms with Gasteiger partial charge in [-0.2, -0.15) is 0 Å². The summed E-state index contributed by atoms with van der Waals surface area (Å²) in [5.74, 6) is 1.10. The third-order valence-corrected chi connectivity index (χ3v) is 6.49. The first-order valence-electron chi connectivity index (χ1n) is 11.6. The van der Waals surface area contributed by atoms with Gasteiger partial charge >= 0.3 is 0 Å². The average Bonchev–Trinajstić information content (AvgIpc) is 3.45. The Morgan fingerprint density at radius 2 is 1.89 bits per heavy atom. The van der Waals surface area contributed by atoms with Crippen LogP contribution < -0.4 is 11.1 Å². The predicted octanol–water partition coefficient (Wildman–Crippen LogP) is 4.86. The Labute approximate surface area is 202 Å². The van der Waals surface area contributed by atoms with Crippen molar-refractivity contribution in [2.24, 2.45) is 0 Å². The summed E-state index contributed by atoms with van der Waals surface area (Å²) in [7, 11) is 0. The minimum Gasteiger partial charge on any atom is -0.383 e. The van der Waals surface area contributed by atoms with E-state index in [1.165, 1.54) is 5.56 Å². The van der Waals surface area contributed by atoms with E-state index < -0.39 is 0 Å². The van der Waals surface area contributed by atoms with Gasteiger partial charge in [0.2, 0.25) is 5.91 Å². The van der Waals surface area contributed by atoms with Gasteiger partial charge in [0.15, 0.2) is 11.5 Å². The van der Waals surface area contributed by atoms with E-state index in [-0.39, 0.29) is 11.9 Å². The normalized spacial score (nSPS) is 14.7. The number of rotatable bonds is 4. The Hall–Kier alpha value is -4.52. The van der Waals surface area contributed by atoms with Gasteiger partial charge in [0.25, 0.3) is 0 Å². The number of hydrogen-bond donors (Lipinski definition) is 2. The summed E-state index contributed by atoms with van der Waals surface area (Å²) in [6, 6.07) is 24.3. The van der Waals surface area contributed by atoms with Gasteiger partial charge in [-0.3, -0.25) is 9.36 Å². The number of aryl methyl sites for hydroxylation is 1. The van der Waals surface area contributed by atoms with Gasteiger partial charge in [0.1, 0.15) is 11.3 Å². The molecule has 3 aromatic heterocycles. The lowest BCUT2D eigenvalue weighted by Gasteiger charge is -2.15. The van der Waals surface area contributed by atoms with Crippen LogP contribution >= 0.6 is 0 Å². The molecule has 0 unspecified atom stereocenters. The maximum atomic E-state index is 11.6. The number of anilines is 1. The summed E-state index contributed by atoms with van der Waals surface area (Å²) in [5.41, 5.74) is 13.8. The van der Waals surface area contributed by atoms with Crippen LogP contribution in [0, 0.1) is 0 Å². The van der Waals surface area contributed by atoms with E-state index in [9.17, 15) is 4.79 Å². The average molecular weight is 461 g/mol. The lowest BCUT2D eigenvalue weighted by Crippen LogP contribution is -2.24. The van der Waals surface area contributed by atoms with E-state index in [4.69, 9.17) is 15.7 Å². The molecular weight excluding hydrogens is 436 g/mol. The number of amides is 1. The number of nitrogens with two attached hydrogens (primary N) is 1. The molecule has 0 saturated carbocycles. The summed E-state index contributed by atoms with van der Waals surface area (Å²) in [6.07, 6.45) is 3.46. The fourth-order valence-electron chi connectivity index (χ4n) is 4.90. The van der Waals surface area contributed by atoms with Crippen molar-refractivity contribution in [3.63, 3.8) is 0 Å². The van der Waals surface area contributed by atoms with Crippen molar-refractivity contribution < 1.29 is 4.79 Å². The van der Waals surface area contributed by atoms with Crippen molar-refractivity contribution >= 4 is 22.9 Å². The fourth-order valence-corrected chi connectivity index (χ4v) is 4.90. The number of pyridine rings is 2. The third-order valence-electron chi connectivity index (χ3n) is 6.49. The molecule has 0 saturated heterocycles. The van der Waals surface area contributed by atoms with Crippen LogP contribution in [-0.4, -0.2) is 25.4 Å². The minimum absolute atomic E-state index is 0.0143. The van der Waals surface area contributed by atoms with E-state index in [1.54, 1.807) is 13.1 Å². The number of carbonyl (C=O) groups is 1. The third kappa shape index (κ3) is 3.71. The standard InChI is InChI=1S/C28H24N6O/c1-17(35)31-24-12-9-19-16-20(10-11-21(19)24)34-27(22-8-5-15-30-26(22)29)33-25-14-13-23(32-28(25)34)18-6-3-2-4-7-18/h2-8,10-11,13-16,24H,9,12H2,1H3,(H2,29,30)(H,31,35)/t24-/m0/s1. The highest BCUT2D eigenvalue weighted by Crippen LogP contribution is 2.36. The van der Waals surface area contributed by atoms with Gasteiger partial charge in [-0.15, -0.1) is 0 Å². The molecule has 0 bridgehead atoms. The van der Waals surface area contributed by atoms with Crippen LogP contribution in [0.1, 0.15) is 30.5 Å². The number of nitrogens with one attached hydrogen (secondary N) is 1. The topological polar surface area (TPSA) is 98.7 Å². The summed E-state index contributed by atoms with van der Waals surface area (Å²) in [6.45, 7) is 1.56. The first-order chi connectivity index (χ1) is 17.1. The second kappa shape index (κ2) is 8.36. The second-order valence-corrected chi connectivity index (χ2v) is 8.79. The Bertz CT molecular complexity index is 1570. The number of nitrogen functional groups attached to an aromatic ring is 1. The number of imidazole rings is 1. The molecule has 1 aliphatic carbocycles. The Morgan fingerprint density at radius 3 is 2.69 bits per heavy atom. The van der Waals surface area contributed by atoms with Crippen LogP contribution in [0.15, 0.2) is 79.0 Å². The summed E-state index contributed by atoms with van der Waals surface area (Å²) in [5, 5.41) is 3.06. The van der Waals surface area contributed by atoms with Crippen molar-refractivity contribution in [3.05, 3.63) is 90.1 Å². The van der Waals surface area contributed by atoms with Gasteiger partial charge in [0.05, 0.1) is 17.3 Å². The lowest BCUT2D eigenvalue weighted by molar-refractivity contribution is -0.119. The van der Waals surface area contributed by atoms with Crippen LogP contribution in [0.4, 0.5) is 5.82 Å². The zero-order chi connectivity index (χ0) is 23.9. The van der Waals surface area contributed by atoms with Gasteiger partial charge in [-0.05, 0) is 60.4 Å². The van der Waals surface area contributed by atoms with E-state index in [0.29, 0.717) is 11.6 Å². The molecule has 0 spiro atoms. The van der Waals surface area contributed by atoms with Gasteiger partial charge in [0, 0.05) is 24.4 Å². The summed E-state index contributed by atoms with van der Waals surface area (Å²) in [4.78, 5) is 25.9. The maximum absolute atomic E-state index is 11.6. The highest BCUT2D eigenvalue weighted by atomic mass is 16.1. The van der Waals surface area contributed by atoms with Gasteiger partial charge in [-0.25, -0.2) is 15.0 Å². The Balaban J connectivity index is 1.56. The zero-order valence-corrected chi connectivity index (χ0v) is 19.3. The molecule has 0 fully saturated rings. The van der Waals surface area contributed by atoms with Crippen molar-refractivity contribution in [1.29, 1.82) is 0 Å². The smallest absolute Gasteiger partial charge is 0.217 e. The molecule has 0 aliphatic heterocycles. The molecule has 3 heterocycles. The van der Waals surface area contributed by atoms with E-state index in [0.717, 1.165) is 52.1 Å². The molecule has 6 rings (SSSR count). The van der Waals surface area contributed by atoms with Crippen LogP contribution in [0.5, 0.6) is 0 Å². The maximum Gasteiger partial charge on any atom is 0.217 e. The number of carbonyl (C=O) groups excluding carboxylic acids is 1. The highest BCUT2D eigenvalue weighted by Gasteiger charge is 2.25. The molecular formula is C28H24N6O.